The zero-order valence-corrected chi connectivity index (χ0v) is 23.9. The van der Waals surface area contributed by atoms with Gasteiger partial charge in [0.1, 0.15) is 23.0 Å². The molecular weight excluding hydrogens is 544 g/mol. The number of benzene rings is 2. The lowest BCUT2D eigenvalue weighted by atomic mass is 9.85. The molecule has 1 aromatic heterocycles. The van der Waals surface area contributed by atoms with Crippen LogP contribution in [-0.2, 0) is 9.59 Å². The summed E-state index contributed by atoms with van der Waals surface area (Å²) in [6.45, 7) is 4.19. The molecule has 1 atom stereocenters. The fourth-order valence-corrected chi connectivity index (χ4v) is 5.20. The summed E-state index contributed by atoms with van der Waals surface area (Å²) in [7, 11) is 3.03. The van der Waals surface area contributed by atoms with Gasteiger partial charge in [-0.25, -0.2) is 0 Å². The summed E-state index contributed by atoms with van der Waals surface area (Å²) in [4.78, 5) is 26.4. The van der Waals surface area contributed by atoms with E-state index < -0.39 is 11.8 Å². The second kappa shape index (κ2) is 13.5. The molecule has 2 aromatic carbocycles. The van der Waals surface area contributed by atoms with Crippen molar-refractivity contribution in [1.29, 1.82) is 5.26 Å². The minimum absolute atomic E-state index is 0.0292. The second-order valence-corrected chi connectivity index (χ2v) is 9.77. The number of nitrogens with one attached hydrogen (secondary N) is 3. The van der Waals surface area contributed by atoms with E-state index in [2.05, 4.69) is 22.0 Å². The Balaban J connectivity index is 1.56. The first-order valence-corrected chi connectivity index (χ1v) is 13.7. The Morgan fingerprint density at radius 3 is 2.46 bits per heavy atom. The van der Waals surface area contributed by atoms with Crippen LogP contribution in [0, 0.1) is 11.3 Å². The Kier molecular flexibility index (Phi) is 9.60. The molecule has 0 bridgehead atoms. The number of methoxy groups -OCH3 is 2. The molecular formula is C30H30N4O6S. The molecule has 2 heterocycles. The molecule has 1 unspecified atom stereocenters. The third-order valence-electron chi connectivity index (χ3n) is 6.17. The number of hydrogen-bond donors (Lipinski definition) is 3. The first-order chi connectivity index (χ1) is 19.9. The molecule has 212 valence electrons. The number of furan rings is 1. The third kappa shape index (κ3) is 6.85. The minimum atomic E-state index is -0.801. The highest BCUT2D eigenvalue weighted by atomic mass is 32.2. The number of nitriles is 1. The molecule has 0 saturated carbocycles. The van der Waals surface area contributed by atoms with Gasteiger partial charge in [0, 0.05) is 17.5 Å². The van der Waals surface area contributed by atoms with Crippen LogP contribution in [0.25, 0.3) is 0 Å². The maximum absolute atomic E-state index is 13.7. The molecule has 3 aromatic rings. The molecule has 0 fully saturated rings. The molecule has 3 N–H and O–H groups in total. The number of dihydropyridines is 1. The van der Waals surface area contributed by atoms with Crippen LogP contribution in [0.1, 0.15) is 25.5 Å². The molecule has 1 aliphatic heterocycles. The Morgan fingerprint density at radius 2 is 1.83 bits per heavy atom. The summed E-state index contributed by atoms with van der Waals surface area (Å²) in [6.07, 6.45) is 1.49. The SMILES string of the molecule is CCOc1ccc(NC(=O)CSC2=C(C#N)C(c3ccco3)C(C(=O)Nc3cc(OC)ccc3OC)=C(C)N2)cc1. The Labute approximate surface area is 242 Å². The lowest BCUT2D eigenvalue weighted by Crippen LogP contribution is -2.31. The predicted octanol–water partition coefficient (Wildman–Crippen LogP) is 5.40. The number of ether oxygens (including phenoxy) is 3. The van der Waals surface area contributed by atoms with Crippen LogP contribution < -0.4 is 30.2 Å². The normalized spacial score (nSPS) is 14.6. The first kappa shape index (κ1) is 29.2. The molecule has 41 heavy (non-hydrogen) atoms. The van der Waals surface area contributed by atoms with E-state index >= 15 is 0 Å². The van der Waals surface area contributed by atoms with Gasteiger partial charge in [-0.05, 0) is 62.4 Å². The van der Waals surface area contributed by atoms with Gasteiger partial charge in [0.15, 0.2) is 0 Å². The molecule has 4 rings (SSSR count). The summed E-state index contributed by atoms with van der Waals surface area (Å²) in [6, 6.07) is 17.8. The Morgan fingerprint density at radius 1 is 1.07 bits per heavy atom. The van der Waals surface area contributed by atoms with E-state index in [1.54, 1.807) is 61.5 Å². The van der Waals surface area contributed by atoms with Crippen LogP contribution in [0.4, 0.5) is 11.4 Å². The van der Waals surface area contributed by atoms with E-state index in [9.17, 15) is 14.9 Å². The fourth-order valence-electron chi connectivity index (χ4n) is 4.30. The number of allylic oxidation sites excluding steroid dienone is 2. The zero-order valence-electron chi connectivity index (χ0n) is 23.1. The van der Waals surface area contributed by atoms with Crippen molar-refractivity contribution in [2.75, 3.05) is 37.2 Å². The standard InChI is InChI=1S/C30H30N4O6S/c1-5-39-20-10-8-19(9-11-20)33-26(35)17-41-30-22(16-31)28(25-7-6-14-40-25)27(18(2)32-30)29(36)34-23-15-21(37-3)12-13-24(23)38-4/h6-15,28,32H,5,17H2,1-4H3,(H,33,35)(H,34,36). The van der Waals surface area contributed by atoms with E-state index in [1.807, 2.05) is 6.92 Å². The van der Waals surface area contributed by atoms with Gasteiger partial charge in [-0.3, -0.25) is 9.59 Å². The van der Waals surface area contributed by atoms with Gasteiger partial charge < -0.3 is 34.6 Å². The molecule has 10 nitrogen and oxygen atoms in total. The Bertz CT molecular complexity index is 1510. The maximum Gasteiger partial charge on any atom is 0.254 e. The highest BCUT2D eigenvalue weighted by molar-refractivity contribution is 8.03. The fraction of sp³-hybridized carbons (Fsp3) is 0.233. The van der Waals surface area contributed by atoms with Gasteiger partial charge in [0.25, 0.3) is 5.91 Å². The van der Waals surface area contributed by atoms with Crippen molar-refractivity contribution in [3.8, 4) is 23.3 Å². The molecule has 0 saturated heterocycles. The van der Waals surface area contributed by atoms with Crippen molar-refractivity contribution in [2.24, 2.45) is 0 Å². The predicted molar refractivity (Wildman–Crippen MR) is 157 cm³/mol. The largest absolute Gasteiger partial charge is 0.497 e. The molecule has 2 amide bonds. The molecule has 11 heteroatoms. The van der Waals surface area contributed by atoms with Gasteiger partial charge in [0.2, 0.25) is 5.91 Å². The van der Waals surface area contributed by atoms with Crippen LogP contribution in [-0.4, -0.2) is 38.4 Å². The van der Waals surface area contributed by atoms with Crippen molar-refractivity contribution < 1.29 is 28.2 Å². The number of carbonyl (C=O) groups is 2. The highest BCUT2D eigenvalue weighted by Gasteiger charge is 2.36. The van der Waals surface area contributed by atoms with Gasteiger partial charge in [-0.2, -0.15) is 5.26 Å². The van der Waals surface area contributed by atoms with E-state index in [0.29, 0.717) is 57.3 Å². The van der Waals surface area contributed by atoms with Crippen molar-refractivity contribution >= 4 is 35.0 Å². The summed E-state index contributed by atoms with van der Waals surface area (Å²) in [5.74, 6) is 0.639. The van der Waals surface area contributed by atoms with Crippen molar-refractivity contribution in [3.05, 3.63) is 88.5 Å². The highest BCUT2D eigenvalue weighted by Crippen LogP contribution is 2.41. The summed E-state index contributed by atoms with van der Waals surface area (Å²) >= 11 is 1.17. The minimum Gasteiger partial charge on any atom is -0.497 e. The molecule has 0 spiro atoms. The first-order valence-electron chi connectivity index (χ1n) is 12.7. The average Bonchev–Trinajstić information content (AvgIpc) is 3.51. The third-order valence-corrected chi connectivity index (χ3v) is 7.19. The van der Waals surface area contributed by atoms with E-state index in [4.69, 9.17) is 18.6 Å². The van der Waals surface area contributed by atoms with E-state index in [1.165, 1.54) is 32.2 Å². The van der Waals surface area contributed by atoms with Crippen LogP contribution in [0.5, 0.6) is 17.2 Å². The summed E-state index contributed by atoms with van der Waals surface area (Å²) < 4.78 is 21.8. The topological polar surface area (TPSA) is 135 Å². The van der Waals surface area contributed by atoms with Crippen molar-refractivity contribution in [2.45, 2.75) is 19.8 Å². The van der Waals surface area contributed by atoms with Crippen molar-refractivity contribution in [1.82, 2.24) is 5.32 Å². The summed E-state index contributed by atoms with van der Waals surface area (Å²) in [5, 5.41) is 19.6. The lowest BCUT2D eigenvalue weighted by molar-refractivity contribution is -0.114. The van der Waals surface area contributed by atoms with Crippen LogP contribution >= 0.6 is 11.8 Å². The lowest BCUT2D eigenvalue weighted by Gasteiger charge is -2.28. The number of amides is 2. The van der Waals surface area contributed by atoms with Crippen molar-refractivity contribution in [3.63, 3.8) is 0 Å². The van der Waals surface area contributed by atoms with Crippen LogP contribution in [0.15, 0.2) is 87.1 Å². The number of thioether (sulfide) groups is 1. The number of rotatable bonds is 11. The molecule has 1 aliphatic rings. The maximum atomic E-state index is 13.7. The second-order valence-electron chi connectivity index (χ2n) is 8.78. The van der Waals surface area contributed by atoms with Gasteiger partial charge >= 0.3 is 0 Å². The van der Waals surface area contributed by atoms with E-state index in [0.717, 1.165) is 0 Å². The van der Waals surface area contributed by atoms with Crippen LogP contribution in [0.2, 0.25) is 0 Å². The van der Waals surface area contributed by atoms with Gasteiger partial charge in [-0.15, -0.1) is 0 Å². The zero-order chi connectivity index (χ0) is 29.4. The van der Waals surface area contributed by atoms with Crippen LogP contribution in [0.3, 0.4) is 0 Å². The molecule has 0 radical (unpaired) electrons. The number of carbonyl (C=O) groups excluding carboxylic acids is 2. The molecule has 0 aliphatic carbocycles. The smallest absolute Gasteiger partial charge is 0.254 e. The Hall–Kier alpha value is -4.82. The van der Waals surface area contributed by atoms with Gasteiger partial charge in [-0.1, -0.05) is 11.8 Å². The quantitative estimate of drug-likeness (QED) is 0.275. The monoisotopic (exact) mass is 574 g/mol. The number of anilines is 2. The average molecular weight is 575 g/mol. The number of hydrogen-bond acceptors (Lipinski definition) is 9. The number of nitrogens with zero attached hydrogens (tertiary/aromatic N) is 1. The van der Waals surface area contributed by atoms with E-state index in [-0.39, 0.29) is 17.2 Å². The summed E-state index contributed by atoms with van der Waals surface area (Å²) in [5.41, 5.74) is 2.10. The van der Waals surface area contributed by atoms with Gasteiger partial charge in [0.05, 0.1) is 66.7 Å².